The topological polar surface area (TPSA) is 71.1 Å². The molecule has 3 aromatic rings. The summed E-state index contributed by atoms with van der Waals surface area (Å²) in [6, 6.07) is 17.5. The van der Waals surface area contributed by atoms with Gasteiger partial charge in [-0.3, -0.25) is 14.6 Å². The largest absolute Gasteiger partial charge is 0.322 e. The van der Waals surface area contributed by atoms with Crippen molar-refractivity contribution in [3.05, 3.63) is 95.3 Å². The van der Waals surface area contributed by atoms with Crippen LogP contribution >= 0.6 is 11.6 Å². The smallest absolute Gasteiger partial charge is 0.257 e. The van der Waals surface area contributed by atoms with Gasteiger partial charge in [0.15, 0.2) is 0 Å². The molecule has 0 saturated carbocycles. The molecular weight excluding hydrogens is 362 g/mol. The first kappa shape index (κ1) is 18.4. The Bertz CT molecular complexity index is 987. The molecule has 2 N–H and O–H groups in total. The Morgan fingerprint density at radius 3 is 2.44 bits per heavy atom. The number of aromatic nitrogens is 1. The quantitative estimate of drug-likeness (QED) is 0.636. The predicted molar refractivity (Wildman–Crippen MR) is 108 cm³/mol. The fourth-order valence-electron chi connectivity index (χ4n) is 2.34. The van der Waals surface area contributed by atoms with Gasteiger partial charge in [0.1, 0.15) is 0 Å². The number of hydrogen-bond acceptors (Lipinski definition) is 3. The van der Waals surface area contributed by atoms with Crippen molar-refractivity contribution in [1.29, 1.82) is 0 Å². The number of anilines is 2. The van der Waals surface area contributed by atoms with Crippen LogP contribution in [-0.4, -0.2) is 16.8 Å². The second kappa shape index (κ2) is 8.78. The van der Waals surface area contributed by atoms with Crippen molar-refractivity contribution >= 4 is 40.9 Å². The van der Waals surface area contributed by atoms with Crippen LogP contribution < -0.4 is 10.6 Å². The van der Waals surface area contributed by atoms with Crippen LogP contribution in [0, 0.1) is 0 Å². The minimum atomic E-state index is -0.286. The molecule has 6 heteroatoms. The fourth-order valence-corrected chi connectivity index (χ4v) is 2.54. The van der Waals surface area contributed by atoms with Crippen molar-refractivity contribution < 1.29 is 9.59 Å². The van der Waals surface area contributed by atoms with E-state index < -0.39 is 0 Å². The number of nitrogens with zero attached hydrogens (tertiary/aromatic N) is 1. The molecule has 134 valence electrons. The van der Waals surface area contributed by atoms with E-state index in [4.69, 9.17) is 11.6 Å². The molecule has 0 spiro atoms. The fraction of sp³-hybridized carbons (Fsp3) is 0. The maximum atomic E-state index is 12.2. The molecule has 0 atom stereocenters. The molecule has 5 nitrogen and oxygen atoms in total. The summed E-state index contributed by atoms with van der Waals surface area (Å²) >= 11 is 5.92. The Labute approximate surface area is 161 Å². The lowest BCUT2D eigenvalue weighted by molar-refractivity contribution is -0.111. The van der Waals surface area contributed by atoms with Crippen molar-refractivity contribution in [2.75, 3.05) is 10.6 Å². The van der Waals surface area contributed by atoms with Gasteiger partial charge in [-0.05, 0) is 54.1 Å². The van der Waals surface area contributed by atoms with Crippen molar-refractivity contribution in [3.63, 3.8) is 0 Å². The summed E-state index contributed by atoms with van der Waals surface area (Å²) in [5.74, 6) is -0.557. The minimum absolute atomic E-state index is 0.271. The summed E-state index contributed by atoms with van der Waals surface area (Å²) in [4.78, 5) is 28.2. The van der Waals surface area contributed by atoms with Gasteiger partial charge in [-0.1, -0.05) is 29.8 Å². The third-order valence-corrected chi connectivity index (χ3v) is 3.82. The lowest BCUT2D eigenvalue weighted by Gasteiger charge is -2.08. The molecule has 0 aliphatic carbocycles. The van der Waals surface area contributed by atoms with E-state index >= 15 is 0 Å². The van der Waals surface area contributed by atoms with Gasteiger partial charge in [0.05, 0.1) is 5.56 Å². The molecule has 27 heavy (non-hydrogen) atoms. The average Bonchev–Trinajstić information content (AvgIpc) is 2.67. The van der Waals surface area contributed by atoms with Gasteiger partial charge < -0.3 is 10.6 Å². The highest BCUT2D eigenvalue weighted by Gasteiger charge is 2.06. The zero-order chi connectivity index (χ0) is 19.1. The summed E-state index contributed by atoms with van der Waals surface area (Å²) in [5.41, 5.74) is 2.42. The molecule has 0 unspecified atom stereocenters. The molecule has 0 fully saturated rings. The molecule has 1 aromatic heterocycles. The van der Waals surface area contributed by atoms with Crippen molar-refractivity contribution in [1.82, 2.24) is 4.98 Å². The number of halogens is 1. The molecule has 2 amide bonds. The predicted octanol–water partition coefficient (Wildman–Crippen LogP) is 4.64. The van der Waals surface area contributed by atoms with E-state index in [2.05, 4.69) is 15.6 Å². The zero-order valence-corrected chi connectivity index (χ0v) is 15.0. The molecule has 3 rings (SSSR count). The third kappa shape index (κ3) is 5.52. The van der Waals surface area contributed by atoms with Crippen LogP contribution in [0.4, 0.5) is 11.4 Å². The van der Waals surface area contributed by atoms with E-state index in [1.54, 1.807) is 60.8 Å². The molecule has 1 heterocycles. The first-order valence-corrected chi connectivity index (χ1v) is 8.54. The number of nitrogens with one attached hydrogen (secondary N) is 2. The lowest BCUT2D eigenvalue weighted by Crippen LogP contribution is -2.13. The van der Waals surface area contributed by atoms with Gasteiger partial charge in [0.2, 0.25) is 5.91 Å². The summed E-state index contributed by atoms with van der Waals surface area (Å²) in [7, 11) is 0. The second-order valence-corrected chi connectivity index (χ2v) is 6.09. The first-order chi connectivity index (χ1) is 13.1. The monoisotopic (exact) mass is 377 g/mol. The number of pyridine rings is 1. The van der Waals surface area contributed by atoms with Crippen LogP contribution in [0.2, 0.25) is 5.02 Å². The highest BCUT2D eigenvalue weighted by atomic mass is 35.5. The number of carbonyl (C=O) groups excluding carboxylic acids is 2. The van der Waals surface area contributed by atoms with Gasteiger partial charge in [-0.2, -0.15) is 0 Å². The highest BCUT2D eigenvalue weighted by molar-refractivity contribution is 6.30. The average molecular weight is 378 g/mol. The van der Waals surface area contributed by atoms with Crippen molar-refractivity contribution in [2.24, 2.45) is 0 Å². The SMILES string of the molecule is O=C(/C=C/c1cccc(Cl)c1)Nc1cccc(NC(=O)c2cccnc2)c1. The first-order valence-electron chi connectivity index (χ1n) is 8.16. The molecular formula is C21H16ClN3O2. The Balaban J connectivity index is 1.63. The molecule has 2 aromatic carbocycles. The normalized spacial score (nSPS) is 10.6. The standard InChI is InChI=1S/C21H16ClN3O2/c22-17-6-1-4-15(12-17)9-10-20(26)24-18-7-2-8-19(13-18)25-21(27)16-5-3-11-23-14-16/h1-14H,(H,24,26)(H,25,27)/b10-9+. The number of hydrogen-bond donors (Lipinski definition) is 2. The zero-order valence-electron chi connectivity index (χ0n) is 14.2. The Kier molecular flexibility index (Phi) is 5.97. The Morgan fingerprint density at radius 1 is 0.926 bits per heavy atom. The van der Waals surface area contributed by atoms with Gasteiger partial charge in [-0.25, -0.2) is 0 Å². The van der Waals surface area contributed by atoms with Crippen LogP contribution in [0.25, 0.3) is 6.08 Å². The van der Waals surface area contributed by atoms with Crippen molar-refractivity contribution in [2.45, 2.75) is 0 Å². The third-order valence-electron chi connectivity index (χ3n) is 3.59. The van der Waals surface area contributed by atoms with E-state index in [1.165, 1.54) is 12.3 Å². The van der Waals surface area contributed by atoms with E-state index in [-0.39, 0.29) is 11.8 Å². The van der Waals surface area contributed by atoms with E-state index in [9.17, 15) is 9.59 Å². The summed E-state index contributed by atoms with van der Waals surface area (Å²) in [5, 5.41) is 6.14. The van der Waals surface area contributed by atoms with Crippen LogP contribution in [-0.2, 0) is 4.79 Å². The number of amides is 2. The van der Waals surface area contributed by atoms with Crippen LogP contribution in [0.5, 0.6) is 0 Å². The number of carbonyl (C=O) groups is 2. The van der Waals surface area contributed by atoms with Crippen LogP contribution in [0.3, 0.4) is 0 Å². The molecule has 0 radical (unpaired) electrons. The van der Waals surface area contributed by atoms with E-state index in [0.29, 0.717) is 22.0 Å². The van der Waals surface area contributed by atoms with E-state index in [0.717, 1.165) is 5.56 Å². The second-order valence-electron chi connectivity index (χ2n) is 5.65. The highest BCUT2D eigenvalue weighted by Crippen LogP contribution is 2.16. The summed E-state index contributed by atoms with van der Waals surface area (Å²) < 4.78 is 0. The Hall–Kier alpha value is -3.44. The van der Waals surface area contributed by atoms with Crippen LogP contribution in [0.1, 0.15) is 15.9 Å². The molecule has 0 saturated heterocycles. The molecule has 0 aliphatic rings. The molecule has 0 aliphatic heterocycles. The van der Waals surface area contributed by atoms with Gasteiger partial charge >= 0.3 is 0 Å². The van der Waals surface area contributed by atoms with Gasteiger partial charge in [0.25, 0.3) is 5.91 Å². The Morgan fingerprint density at radius 2 is 1.70 bits per heavy atom. The molecule has 0 bridgehead atoms. The van der Waals surface area contributed by atoms with Gasteiger partial charge in [0, 0.05) is 34.9 Å². The summed E-state index contributed by atoms with van der Waals surface area (Å²) in [6.07, 6.45) is 6.19. The number of rotatable bonds is 5. The maximum Gasteiger partial charge on any atom is 0.257 e. The van der Waals surface area contributed by atoms with E-state index in [1.807, 2.05) is 12.1 Å². The number of benzene rings is 2. The summed E-state index contributed by atoms with van der Waals surface area (Å²) in [6.45, 7) is 0. The van der Waals surface area contributed by atoms with Crippen LogP contribution in [0.15, 0.2) is 79.1 Å². The maximum absolute atomic E-state index is 12.2. The van der Waals surface area contributed by atoms with Gasteiger partial charge in [-0.15, -0.1) is 0 Å². The lowest BCUT2D eigenvalue weighted by atomic mass is 10.2. The van der Waals surface area contributed by atoms with Crippen molar-refractivity contribution in [3.8, 4) is 0 Å². The minimum Gasteiger partial charge on any atom is -0.322 e.